The molecule has 2 fully saturated rings. The molecule has 3 aliphatic rings. The number of aryl methyl sites for hydroxylation is 2. The summed E-state index contributed by atoms with van der Waals surface area (Å²) < 4.78 is 2.28. The summed E-state index contributed by atoms with van der Waals surface area (Å²) in [5.74, 6) is 2.23. The maximum Gasteiger partial charge on any atom is 0.224 e. The van der Waals surface area contributed by atoms with Crippen LogP contribution in [0.1, 0.15) is 77.5 Å². The lowest BCUT2D eigenvalue weighted by Gasteiger charge is -2.39. The van der Waals surface area contributed by atoms with E-state index in [1.165, 1.54) is 38.5 Å². The lowest BCUT2D eigenvalue weighted by atomic mass is 9.96. The molecule has 8 nitrogen and oxygen atoms in total. The number of nitrogens with zero attached hydrogens (tertiary/aromatic N) is 6. The minimum atomic E-state index is 0.00652. The highest BCUT2D eigenvalue weighted by atomic mass is 16.1. The van der Waals surface area contributed by atoms with Gasteiger partial charge in [-0.15, -0.1) is 0 Å². The van der Waals surface area contributed by atoms with Crippen molar-refractivity contribution in [3.8, 4) is 0 Å². The van der Waals surface area contributed by atoms with Crippen molar-refractivity contribution in [3.05, 3.63) is 12.2 Å². The molecule has 0 saturated carbocycles. The van der Waals surface area contributed by atoms with Crippen LogP contribution in [-0.2, 0) is 17.8 Å². The van der Waals surface area contributed by atoms with Crippen molar-refractivity contribution in [2.24, 2.45) is 5.92 Å². The number of rotatable bonds is 6. The fourth-order valence-electron chi connectivity index (χ4n) is 6.27. The van der Waals surface area contributed by atoms with E-state index in [0.29, 0.717) is 18.6 Å². The van der Waals surface area contributed by atoms with Gasteiger partial charge in [-0.3, -0.25) is 9.69 Å². The third-order valence-electron chi connectivity index (χ3n) is 8.23. The molecule has 0 aromatic carbocycles. The van der Waals surface area contributed by atoms with Crippen molar-refractivity contribution in [1.82, 2.24) is 29.7 Å². The molecule has 186 valence electrons. The Morgan fingerprint density at radius 2 is 1.88 bits per heavy atom. The van der Waals surface area contributed by atoms with E-state index in [4.69, 9.17) is 4.98 Å². The minimum absolute atomic E-state index is 0.00652. The molecule has 3 aliphatic heterocycles. The zero-order chi connectivity index (χ0) is 23.5. The molecular formula is C26H41N7O. The molecule has 0 bridgehead atoms. The Hall–Kier alpha value is -2.22. The number of carbonyl (C=O) groups is 1. The van der Waals surface area contributed by atoms with Gasteiger partial charge in [0.05, 0.1) is 5.92 Å². The van der Waals surface area contributed by atoms with Gasteiger partial charge >= 0.3 is 0 Å². The van der Waals surface area contributed by atoms with Crippen LogP contribution in [0.2, 0.25) is 0 Å². The van der Waals surface area contributed by atoms with Crippen molar-refractivity contribution in [3.63, 3.8) is 0 Å². The monoisotopic (exact) mass is 467 g/mol. The van der Waals surface area contributed by atoms with Gasteiger partial charge in [-0.05, 0) is 58.8 Å². The second-order valence-corrected chi connectivity index (χ2v) is 10.7. The SMILES string of the molecule is C[C@@H]1CCC[C@@H](C)N1CCCNC(=O)[C@@H]1CCCN(c2ncnc3c2nc2n3CCCCC2)C1. The van der Waals surface area contributed by atoms with E-state index in [-0.39, 0.29) is 11.8 Å². The summed E-state index contributed by atoms with van der Waals surface area (Å²) in [5, 5.41) is 3.23. The molecule has 0 unspecified atom stereocenters. The third kappa shape index (κ3) is 4.92. The van der Waals surface area contributed by atoms with Crippen LogP contribution in [-0.4, -0.2) is 68.6 Å². The van der Waals surface area contributed by atoms with Crippen LogP contribution in [0, 0.1) is 5.92 Å². The predicted octanol–water partition coefficient (Wildman–Crippen LogP) is 3.54. The number of nitrogens with one attached hydrogen (secondary N) is 1. The summed E-state index contributed by atoms with van der Waals surface area (Å²) in [6.07, 6.45) is 13.2. The van der Waals surface area contributed by atoms with Crippen LogP contribution in [0.4, 0.5) is 5.82 Å². The molecule has 2 aromatic rings. The Balaban J connectivity index is 1.19. The number of amides is 1. The maximum absolute atomic E-state index is 13.0. The topological polar surface area (TPSA) is 79.2 Å². The summed E-state index contributed by atoms with van der Waals surface area (Å²) in [4.78, 5) is 32.1. The number of hydrogen-bond donors (Lipinski definition) is 1. The van der Waals surface area contributed by atoms with Gasteiger partial charge in [0.2, 0.25) is 5.91 Å². The molecule has 1 amide bonds. The van der Waals surface area contributed by atoms with Crippen LogP contribution in [0.3, 0.4) is 0 Å². The molecule has 5 heterocycles. The highest BCUT2D eigenvalue weighted by Crippen LogP contribution is 2.29. The van der Waals surface area contributed by atoms with Gasteiger partial charge in [0, 0.05) is 51.2 Å². The Bertz CT molecular complexity index is 979. The number of carbonyl (C=O) groups excluding carboxylic acids is 1. The van der Waals surface area contributed by atoms with E-state index in [0.717, 1.165) is 74.7 Å². The molecule has 34 heavy (non-hydrogen) atoms. The molecule has 3 atom stereocenters. The molecule has 5 rings (SSSR count). The fourth-order valence-corrected chi connectivity index (χ4v) is 6.27. The third-order valence-corrected chi connectivity index (χ3v) is 8.23. The predicted molar refractivity (Wildman–Crippen MR) is 135 cm³/mol. The van der Waals surface area contributed by atoms with E-state index >= 15 is 0 Å². The van der Waals surface area contributed by atoms with Crippen LogP contribution in [0.15, 0.2) is 6.33 Å². The summed E-state index contributed by atoms with van der Waals surface area (Å²) >= 11 is 0. The number of aromatic nitrogens is 4. The van der Waals surface area contributed by atoms with Crippen molar-refractivity contribution < 1.29 is 4.79 Å². The van der Waals surface area contributed by atoms with Crippen LogP contribution in [0.5, 0.6) is 0 Å². The second kappa shape index (κ2) is 10.6. The lowest BCUT2D eigenvalue weighted by molar-refractivity contribution is -0.125. The number of likely N-dealkylation sites (tertiary alicyclic amines) is 1. The lowest BCUT2D eigenvalue weighted by Crippen LogP contribution is -2.46. The molecular weight excluding hydrogens is 426 g/mol. The van der Waals surface area contributed by atoms with Crippen LogP contribution < -0.4 is 10.2 Å². The van der Waals surface area contributed by atoms with Gasteiger partial charge in [-0.25, -0.2) is 15.0 Å². The Labute approximate surface area is 203 Å². The zero-order valence-electron chi connectivity index (χ0n) is 21.0. The van der Waals surface area contributed by atoms with E-state index in [9.17, 15) is 4.79 Å². The molecule has 0 radical (unpaired) electrons. The van der Waals surface area contributed by atoms with Crippen molar-refractivity contribution in [2.75, 3.05) is 31.1 Å². The van der Waals surface area contributed by atoms with E-state index < -0.39 is 0 Å². The van der Waals surface area contributed by atoms with E-state index in [2.05, 4.69) is 43.5 Å². The first kappa shape index (κ1) is 23.5. The first-order chi connectivity index (χ1) is 16.6. The Morgan fingerprint density at radius 3 is 2.74 bits per heavy atom. The van der Waals surface area contributed by atoms with Gasteiger partial charge in [0.25, 0.3) is 0 Å². The Kier molecular flexibility index (Phi) is 7.32. The first-order valence-electron chi connectivity index (χ1n) is 13.6. The molecule has 1 N–H and O–H groups in total. The smallest absolute Gasteiger partial charge is 0.224 e. The van der Waals surface area contributed by atoms with E-state index in [1.54, 1.807) is 6.33 Å². The van der Waals surface area contributed by atoms with Gasteiger partial charge < -0.3 is 14.8 Å². The van der Waals surface area contributed by atoms with Crippen LogP contribution in [0.25, 0.3) is 11.2 Å². The van der Waals surface area contributed by atoms with Gasteiger partial charge in [-0.1, -0.05) is 12.8 Å². The summed E-state index contributed by atoms with van der Waals surface area (Å²) in [6.45, 7) is 9.13. The number of fused-ring (bicyclic) bond motifs is 3. The number of imidazole rings is 1. The summed E-state index contributed by atoms with van der Waals surface area (Å²) in [5.41, 5.74) is 1.86. The van der Waals surface area contributed by atoms with Crippen LogP contribution >= 0.6 is 0 Å². The fraction of sp³-hybridized carbons (Fsp3) is 0.769. The quantitative estimate of drug-likeness (QED) is 0.655. The first-order valence-corrected chi connectivity index (χ1v) is 13.6. The van der Waals surface area contributed by atoms with Gasteiger partial charge in [-0.2, -0.15) is 0 Å². The highest BCUT2D eigenvalue weighted by molar-refractivity contribution is 5.85. The highest BCUT2D eigenvalue weighted by Gasteiger charge is 2.29. The summed E-state index contributed by atoms with van der Waals surface area (Å²) in [6, 6.07) is 1.32. The summed E-state index contributed by atoms with van der Waals surface area (Å²) in [7, 11) is 0. The molecule has 2 aromatic heterocycles. The molecule has 2 saturated heterocycles. The number of hydrogen-bond acceptors (Lipinski definition) is 6. The average molecular weight is 468 g/mol. The van der Waals surface area contributed by atoms with Crippen molar-refractivity contribution in [2.45, 2.75) is 96.7 Å². The van der Waals surface area contributed by atoms with Gasteiger partial charge in [0.1, 0.15) is 12.2 Å². The van der Waals surface area contributed by atoms with Gasteiger partial charge in [0.15, 0.2) is 17.0 Å². The number of anilines is 1. The molecule has 0 aliphatic carbocycles. The largest absolute Gasteiger partial charge is 0.356 e. The van der Waals surface area contributed by atoms with Crippen molar-refractivity contribution in [1.29, 1.82) is 0 Å². The molecule has 0 spiro atoms. The zero-order valence-corrected chi connectivity index (χ0v) is 21.0. The minimum Gasteiger partial charge on any atom is -0.356 e. The van der Waals surface area contributed by atoms with E-state index in [1.807, 2.05) is 0 Å². The number of piperidine rings is 2. The maximum atomic E-state index is 13.0. The standard InChI is InChI=1S/C26H41N7O/c1-19-9-6-10-20(2)32(19)16-8-13-27-26(34)21-11-7-14-31(17-21)24-23-25(29-18-28-24)33-15-5-3-4-12-22(33)30-23/h18-21H,3-17H2,1-2H3,(H,27,34)/t19-,20-,21-/m1/s1. The average Bonchev–Trinajstić information content (AvgIpc) is 3.04. The Morgan fingerprint density at radius 1 is 1.03 bits per heavy atom. The second-order valence-electron chi connectivity index (χ2n) is 10.7. The van der Waals surface area contributed by atoms with Crippen molar-refractivity contribution >= 4 is 22.9 Å². The normalized spacial score (nSPS) is 26.3. The molecule has 8 heteroatoms.